The van der Waals surface area contributed by atoms with Crippen molar-refractivity contribution in [3.8, 4) is 11.3 Å². The quantitative estimate of drug-likeness (QED) is 0.459. The number of aryl methyl sites for hydroxylation is 1. The highest BCUT2D eigenvalue weighted by Gasteiger charge is 2.17. The molecule has 0 aliphatic heterocycles. The van der Waals surface area contributed by atoms with Gasteiger partial charge in [-0.3, -0.25) is 5.10 Å². The zero-order chi connectivity index (χ0) is 19.4. The molecule has 2 aromatic carbocycles. The van der Waals surface area contributed by atoms with Crippen LogP contribution in [0, 0.1) is 0 Å². The second-order valence-electron chi connectivity index (χ2n) is 5.68. The predicted molar refractivity (Wildman–Crippen MR) is 108 cm³/mol. The topological polar surface area (TPSA) is 87.2 Å². The van der Waals surface area contributed by atoms with Gasteiger partial charge in [0.25, 0.3) is 10.0 Å². The van der Waals surface area contributed by atoms with E-state index >= 15 is 0 Å². The number of nitrogens with zero attached hydrogens (tertiary/aromatic N) is 2. The maximum absolute atomic E-state index is 12.4. The largest absolute Gasteiger partial charge is 0.278 e. The molecule has 3 rings (SSSR count). The van der Waals surface area contributed by atoms with Crippen molar-refractivity contribution >= 4 is 39.4 Å². The zero-order valence-corrected chi connectivity index (χ0v) is 16.6. The van der Waals surface area contributed by atoms with E-state index in [9.17, 15) is 8.42 Å². The molecule has 27 heavy (non-hydrogen) atoms. The third-order valence-corrected chi connectivity index (χ3v) is 5.82. The molecule has 1 aromatic heterocycles. The summed E-state index contributed by atoms with van der Waals surface area (Å²) in [5.41, 5.74) is 3.52. The summed E-state index contributed by atoms with van der Waals surface area (Å²) in [5, 5.41) is 11.1. The van der Waals surface area contributed by atoms with Gasteiger partial charge in [-0.2, -0.15) is 18.6 Å². The Morgan fingerprint density at radius 2 is 1.93 bits per heavy atom. The number of sulfonamides is 1. The number of hydrogen-bond acceptors (Lipinski definition) is 4. The van der Waals surface area contributed by atoms with Gasteiger partial charge in [0, 0.05) is 16.1 Å². The highest BCUT2D eigenvalue weighted by molar-refractivity contribution is 7.89. The van der Waals surface area contributed by atoms with Gasteiger partial charge in [0.15, 0.2) is 0 Å². The SMILES string of the molecule is CCc1ccc(-c2[nH]ncc2/C=N/NS(=O)(=O)c2cc(Cl)ccc2Cl)cc1. The van der Waals surface area contributed by atoms with Crippen molar-refractivity contribution in [2.24, 2.45) is 5.10 Å². The van der Waals surface area contributed by atoms with Gasteiger partial charge in [0.05, 0.1) is 23.1 Å². The lowest BCUT2D eigenvalue weighted by atomic mass is 10.1. The number of H-pyrrole nitrogens is 1. The van der Waals surface area contributed by atoms with E-state index < -0.39 is 10.0 Å². The van der Waals surface area contributed by atoms with Crippen LogP contribution in [0.2, 0.25) is 10.0 Å². The van der Waals surface area contributed by atoms with E-state index in [2.05, 4.69) is 27.1 Å². The number of hydrazone groups is 1. The summed E-state index contributed by atoms with van der Waals surface area (Å²) in [5.74, 6) is 0. The van der Waals surface area contributed by atoms with Gasteiger partial charge in [-0.25, -0.2) is 4.83 Å². The first-order valence-electron chi connectivity index (χ1n) is 8.03. The van der Waals surface area contributed by atoms with E-state index in [1.807, 2.05) is 24.3 Å². The van der Waals surface area contributed by atoms with Crippen LogP contribution < -0.4 is 4.83 Å². The number of hydrogen-bond donors (Lipinski definition) is 2. The average molecular weight is 423 g/mol. The smallest absolute Gasteiger partial charge is 0.277 e. The number of rotatable bonds is 6. The molecule has 0 fully saturated rings. The van der Waals surface area contributed by atoms with Crippen molar-refractivity contribution in [2.45, 2.75) is 18.2 Å². The van der Waals surface area contributed by atoms with E-state index in [1.54, 1.807) is 6.20 Å². The van der Waals surface area contributed by atoms with Crippen molar-refractivity contribution in [1.82, 2.24) is 15.0 Å². The minimum atomic E-state index is -3.95. The first-order valence-corrected chi connectivity index (χ1v) is 10.3. The fourth-order valence-electron chi connectivity index (χ4n) is 2.43. The summed E-state index contributed by atoms with van der Waals surface area (Å²) >= 11 is 11.8. The molecule has 0 amide bonds. The van der Waals surface area contributed by atoms with Gasteiger partial charge in [0.1, 0.15) is 4.90 Å². The minimum Gasteiger partial charge on any atom is -0.277 e. The lowest BCUT2D eigenvalue weighted by Gasteiger charge is -2.06. The lowest BCUT2D eigenvalue weighted by Crippen LogP contribution is -2.18. The Kier molecular flexibility index (Phi) is 5.84. The van der Waals surface area contributed by atoms with Crippen LogP contribution in [0.25, 0.3) is 11.3 Å². The first kappa shape index (κ1) is 19.4. The first-order chi connectivity index (χ1) is 12.9. The van der Waals surface area contributed by atoms with Crippen LogP contribution in [0.1, 0.15) is 18.1 Å². The molecule has 0 saturated heterocycles. The number of benzene rings is 2. The molecule has 0 spiro atoms. The standard InChI is InChI=1S/C18H16Cl2N4O2S/c1-2-12-3-5-13(6-4-12)18-14(10-21-23-18)11-22-24-27(25,26)17-9-15(19)7-8-16(17)20/h3-11,24H,2H2,1H3,(H,21,23)/b22-11+. The van der Waals surface area contributed by atoms with Crippen molar-refractivity contribution < 1.29 is 8.42 Å². The van der Waals surface area contributed by atoms with E-state index in [-0.39, 0.29) is 14.9 Å². The van der Waals surface area contributed by atoms with Crippen LogP contribution in [0.5, 0.6) is 0 Å². The molecular weight excluding hydrogens is 407 g/mol. The second kappa shape index (κ2) is 8.12. The van der Waals surface area contributed by atoms with Gasteiger partial charge in [-0.15, -0.1) is 0 Å². The fraction of sp³-hybridized carbons (Fsp3) is 0.111. The zero-order valence-electron chi connectivity index (χ0n) is 14.3. The van der Waals surface area contributed by atoms with Crippen molar-refractivity contribution in [3.63, 3.8) is 0 Å². The van der Waals surface area contributed by atoms with Crippen LogP contribution in [0.3, 0.4) is 0 Å². The molecule has 3 aromatic rings. The van der Waals surface area contributed by atoms with Gasteiger partial charge in [-0.1, -0.05) is 54.4 Å². The molecule has 0 atom stereocenters. The van der Waals surface area contributed by atoms with Crippen molar-refractivity contribution in [3.05, 3.63) is 69.8 Å². The third kappa shape index (κ3) is 4.50. The van der Waals surface area contributed by atoms with Gasteiger partial charge >= 0.3 is 0 Å². The van der Waals surface area contributed by atoms with Crippen LogP contribution in [0.4, 0.5) is 0 Å². The van der Waals surface area contributed by atoms with E-state index in [1.165, 1.54) is 30.0 Å². The molecule has 0 radical (unpaired) electrons. The van der Waals surface area contributed by atoms with Gasteiger partial charge in [-0.05, 0) is 30.2 Å². The maximum Gasteiger partial charge on any atom is 0.278 e. The Hall–Kier alpha value is -2.35. The lowest BCUT2D eigenvalue weighted by molar-refractivity contribution is 0.585. The molecule has 9 heteroatoms. The second-order valence-corrected chi connectivity index (χ2v) is 8.15. The van der Waals surface area contributed by atoms with Crippen LogP contribution >= 0.6 is 23.2 Å². The summed E-state index contributed by atoms with van der Waals surface area (Å²) < 4.78 is 24.7. The molecule has 2 N–H and O–H groups in total. The summed E-state index contributed by atoms with van der Waals surface area (Å²) in [7, 11) is -3.95. The van der Waals surface area contributed by atoms with Gasteiger partial charge in [0.2, 0.25) is 0 Å². The Balaban J connectivity index is 1.81. The summed E-state index contributed by atoms with van der Waals surface area (Å²) in [6.07, 6.45) is 3.89. The fourth-order valence-corrected chi connectivity index (χ4v) is 3.99. The van der Waals surface area contributed by atoms with Crippen LogP contribution in [-0.4, -0.2) is 24.8 Å². The van der Waals surface area contributed by atoms with Crippen molar-refractivity contribution in [1.29, 1.82) is 0 Å². The predicted octanol–water partition coefficient (Wildman–Crippen LogP) is 4.26. The Morgan fingerprint density at radius 3 is 2.63 bits per heavy atom. The minimum absolute atomic E-state index is 0.0575. The van der Waals surface area contributed by atoms with Gasteiger partial charge < -0.3 is 0 Å². The summed E-state index contributed by atoms with van der Waals surface area (Å²) in [4.78, 5) is 1.99. The molecular formula is C18H16Cl2N4O2S. The number of halogens is 2. The van der Waals surface area contributed by atoms with Crippen LogP contribution in [0.15, 0.2) is 58.7 Å². The van der Waals surface area contributed by atoms with E-state index in [0.29, 0.717) is 5.56 Å². The molecule has 0 aliphatic rings. The monoisotopic (exact) mass is 422 g/mol. The number of aromatic amines is 1. The highest BCUT2D eigenvalue weighted by Crippen LogP contribution is 2.25. The molecule has 1 heterocycles. The highest BCUT2D eigenvalue weighted by atomic mass is 35.5. The molecule has 140 valence electrons. The average Bonchev–Trinajstić information content (AvgIpc) is 3.12. The van der Waals surface area contributed by atoms with E-state index in [0.717, 1.165) is 17.7 Å². The Morgan fingerprint density at radius 1 is 1.19 bits per heavy atom. The number of nitrogens with one attached hydrogen (secondary N) is 2. The normalized spacial score (nSPS) is 11.8. The third-order valence-electron chi connectivity index (χ3n) is 3.88. The van der Waals surface area contributed by atoms with Crippen LogP contribution in [-0.2, 0) is 16.4 Å². The van der Waals surface area contributed by atoms with E-state index in [4.69, 9.17) is 23.2 Å². The molecule has 0 aliphatic carbocycles. The molecule has 0 bridgehead atoms. The number of aromatic nitrogens is 2. The summed E-state index contributed by atoms with van der Waals surface area (Å²) in [6.45, 7) is 2.08. The molecule has 0 saturated carbocycles. The Labute approximate surface area is 167 Å². The maximum atomic E-state index is 12.4. The summed E-state index contributed by atoms with van der Waals surface area (Å²) in [6, 6.07) is 12.2. The Bertz CT molecular complexity index is 1080. The van der Waals surface area contributed by atoms with Crippen molar-refractivity contribution in [2.75, 3.05) is 0 Å². The molecule has 0 unspecified atom stereocenters. The molecule has 6 nitrogen and oxygen atoms in total.